The number of nitrogens with zero attached hydrogens (tertiary/aromatic N) is 1. The molecule has 1 atom stereocenters. The Balaban J connectivity index is 2.20. The quantitative estimate of drug-likeness (QED) is 0.861. The van der Waals surface area contributed by atoms with E-state index in [1.165, 1.54) is 11.1 Å². The molecule has 0 bridgehead atoms. The van der Waals surface area contributed by atoms with Crippen molar-refractivity contribution in [2.24, 2.45) is 5.73 Å². The van der Waals surface area contributed by atoms with Crippen molar-refractivity contribution in [1.82, 2.24) is 4.90 Å². The molecular weight excluding hydrogens is 280 g/mol. The Labute approximate surface area is 132 Å². The summed E-state index contributed by atoms with van der Waals surface area (Å²) < 4.78 is 10.8. The van der Waals surface area contributed by atoms with E-state index >= 15 is 0 Å². The van der Waals surface area contributed by atoms with Gasteiger partial charge < -0.3 is 15.2 Å². The van der Waals surface area contributed by atoms with Crippen molar-refractivity contribution in [2.75, 3.05) is 33.9 Å². The van der Waals surface area contributed by atoms with E-state index in [2.05, 4.69) is 17.0 Å². The Kier molecular flexibility index (Phi) is 5.80. The van der Waals surface area contributed by atoms with Crippen LogP contribution in [0.1, 0.15) is 24.5 Å². The zero-order chi connectivity index (χ0) is 16.1. The lowest BCUT2D eigenvalue weighted by molar-refractivity contribution is -0.122. The summed E-state index contributed by atoms with van der Waals surface area (Å²) in [5, 5.41) is 0. The fourth-order valence-electron chi connectivity index (χ4n) is 3.18. The van der Waals surface area contributed by atoms with Crippen LogP contribution in [0.4, 0.5) is 0 Å². The lowest BCUT2D eigenvalue weighted by Gasteiger charge is -2.28. The number of carbonyl (C=O) groups excluding carboxylic acids is 1. The van der Waals surface area contributed by atoms with Crippen molar-refractivity contribution in [1.29, 1.82) is 0 Å². The second-order valence-electron chi connectivity index (χ2n) is 5.72. The molecule has 1 aliphatic rings. The molecule has 0 amide bonds. The number of Topliss-reactive ketones (excluding diaryl/α,β-unsaturated/α-hetero) is 1. The first kappa shape index (κ1) is 16.8. The first-order valence-corrected chi connectivity index (χ1v) is 7.79. The van der Waals surface area contributed by atoms with Crippen LogP contribution in [0.15, 0.2) is 12.1 Å². The Hall–Kier alpha value is -1.59. The number of nitrogens with two attached hydrogens (primary N) is 1. The molecule has 5 heteroatoms. The Morgan fingerprint density at radius 2 is 1.68 bits per heavy atom. The van der Waals surface area contributed by atoms with Gasteiger partial charge in [0, 0.05) is 13.1 Å². The third-order valence-electron chi connectivity index (χ3n) is 4.39. The summed E-state index contributed by atoms with van der Waals surface area (Å²) in [6.45, 7) is 3.93. The maximum absolute atomic E-state index is 11.9. The molecule has 1 heterocycles. The molecule has 1 aliphatic heterocycles. The topological polar surface area (TPSA) is 64.8 Å². The maximum atomic E-state index is 11.9. The van der Waals surface area contributed by atoms with Gasteiger partial charge in [0.15, 0.2) is 11.5 Å². The molecule has 5 nitrogen and oxygen atoms in total. The summed E-state index contributed by atoms with van der Waals surface area (Å²) in [5.41, 5.74) is 8.21. The van der Waals surface area contributed by atoms with Crippen LogP contribution >= 0.6 is 0 Å². The van der Waals surface area contributed by atoms with Gasteiger partial charge in [-0.1, -0.05) is 0 Å². The number of rotatable bonds is 6. The van der Waals surface area contributed by atoms with E-state index in [9.17, 15) is 4.79 Å². The highest BCUT2D eigenvalue weighted by atomic mass is 16.5. The highest BCUT2D eigenvalue weighted by Crippen LogP contribution is 2.32. The van der Waals surface area contributed by atoms with Crippen LogP contribution in [-0.2, 0) is 17.6 Å². The predicted molar refractivity (Wildman–Crippen MR) is 86.7 cm³/mol. The summed E-state index contributed by atoms with van der Waals surface area (Å²) in [4.78, 5) is 14.1. The van der Waals surface area contributed by atoms with E-state index in [0.29, 0.717) is 6.54 Å². The molecule has 2 rings (SSSR count). The lowest BCUT2D eigenvalue weighted by atomic mass is 10.0. The van der Waals surface area contributed by atoms with E-state index in [0.717, 1.165) is 43.9 Å². The second kappa shape index (κ2) is 7.61. The fraction of sp³-hybridized carbons (Fsp3) is 0.588. The highest BCUT2D eigenvalue weighted by molar-refractivity contribution is 5.81. The van der Waals surface area contributed by atoms with Crippen LogP contribution in [0.5, 0.6) is 11.5 Å². The number of ketones is 1. The SMILES string of the molecule is COc1cc2c(cc1OC)CCN(C(CCN)C(C)=O)CC2. The molecule has 0 spiro atoms. The first-order chi connectivity index (χ1) is 10.6. The Bertz CT molecular complexity index is 496. The molecular formula is C17H26N2O3. The molecule has 0 saturated heterocycles. The number of carbonyl (C=O) groups is 1. The predicted octanol–water partition coefficient (Wildman–Crippen LogP) is 1.41. The smallest absolute Gasteiger partial charge is 0.161 e. The summed E-state index contributed by atoms with van der Waals surface area (Å²) in [6.07, 6.45) is 2.53. The molecule has 1 aromatic rings. The van der Waals surface area contributed by atoms with Crippen LogP contribution in [0, 0.1) is 0 Å². The van der Waals surface area contributed by atoms with E-state index in [4.69, 9.17) is 15.2 Å². The lowest BCUT2D eigenvalue weighted by Crippen LogP contribution is -2.42. The van der Waals surface area contributed by atoms with Crippen molar-refractivity contribution in [3.05, 3.63) is 23.3 Å². The molecule has 0 radical (unpaired) electrons. The van der Waals surface area contributed by atoms with Gasteiger partial charge in [0.1, 0.15) is 5.78 Å². The van der Waals surface area contributed by atoms with E-state index in [1.807, 2.05) is 0 Å². The van der Waals surface area contributed by atoms with Crippen LogP contribution in [0.2, 0.25) is 0 Å². The van der Waals surface area contributed by atoms with Crippen LogP contribution < -0.4 is 15.2 Å². The normalized spacial score (nSPS) is 16.5. The van der Waals surface area contributed by atoms with Gasteiger partial charge in [0.25, 0.3) is 0 Å². The first-order valence-electron chi connectivity index (χ1n) is 7.79. The van der Waals surface area contributed by atoms with E-state index in [1.54, 1.807) is 21.1 Å². The minimum Gasteiger partial charge on any atom is -0.493 e. The summed E-state index contributed by atoms with van der Waals surface area (Å²) >= 11 is 0. The minimum absolute atomic E-state index is 0.0666. The largest absolute Gasteiger partial charge is 0.493 e. The van der Waals surface area contributed by atoms with Crippen LogP contribution in [0.3, 0.4) is 0 Å². The van der Waals surface area contributed by atoms with E-state index in [-0.39, 0.29) is 11.8 Å². The number of methoxy groups -OCH3 is 2. The Morgan fingerprint density at radius 1 is 1.18 bits per heavy atom. The van der Waals surface area contributed by atoms with Gasteiger partial charge in [0.05, 0.1) is 20.3 Å². The third-order valence-corrected chi connectivity index (χ3v) is 4.39. The number of fused-ring (bicyclic) bond motifs is 1. The van der Waals surface area contributed by atoms with Crippen LogP contribution in [-0.4, -0.2) is 50.6 Å². The number of hydrogen-bond acceptors (Lipinski definition) is 5. The summed E-state index contributed by atoms with van der Waals surface area (Å²) in [5.74, 6) is 1.73. The highest BCUT2D eigenvalue weighted by Gasteiger charge is 2.25. The number of ether oxygens (including phenoxy) is 2. The monoisotopic (exact) mass is 306 g/mol. The average Bonchev–Trinajstić information content (AvgIpc) is 2.72. The minimum atomic E-state index is -0.0666. The molecule has 2 N–H and O–H groups in total. The summed E-state index contributed by atoms with van der Waals surface area (Å²) in [6, 6.07) is 4.05. The van der Waals surface area contributed by atoms with Crippen molar-refractivity contribution in [3.8, 4) is 11.5 Å². The van der Waals surface area contributed by atoms with Gasteiger partial charge in [-0.15, -0.1) is 0 Å². The summed E-state index contributed by atoms with van der Waals surface area (Å²) in [7, 11) is 3.31. The van der Waals surface area contributed by atoms with Gasteiger partial charge in [-0.05, 0) is 56.0 Å². The van der Waals surface area contributed by atoms with Crippen molar-refractivity contribution in [3.63, 3.8) is 0 Å². The van der Waals surface area contributed by atoms with E-state index < -0.39 is 0 Å². The molecule has 122 valence electrons. The molecule has 1 unspecified atom stereocenters. The standard InChI is InChI=1S/C17H26N2O3/c1-12(20)15(4-7-18)19-8-5-13-10-16(21-2)17(22-3)11-14(13)6-9-19/h10-11,15H,4-9,18H2,1-3H3. The van der Waals surface area contributed by atoms with Gasteiger partial charge >= 0.3 is 0 Å². The van der Waals surface area contributed by atoms with Gasteiger partial charge in [0.2, 0.25) is 0 Å². The molecule has 0 saturated carbocycles. The van der Waals surface area contributed by atoms with Gasteiger partial charge in [-0.2, -0.15) is 0 Å². The molecule has 1 aromatic carbocycles. The van der Waals surface area contributed by atoms with Crippen molar-refractivity contribution < 1.29 is 14.3 Å². The number of benzene rings is 1. The molecule has 22 heavy (non-hydrogen) atoms. The van der Waals surface area contributed by atoms with Gasteiger partial charge in [-0.3, -0.25) is 9.69 Å². The number of hydrogen-bond donors (Lipinski definition) is 1. The fourth-order valence-corrected chi connectivity index (χ4v) is 3.18. The zero-order valence-corrected chi connectivity index (χ0v) is 13.7. The maximum Gasteiger partial charge on any atom is 0.161 e. The van der Waals surface area contributed by atoms with Gasteiger partial charge in [-0.25, -0.2) is 0 Å². The van der Waals surface area contributed by atoms with Crippen molar-refractivity contribution >= 4 is 5.78 Å². The third kappa shape index (κ3) is 3.59. The molecule has 0 fully saturated rings. The molecule has 0 aromatic heterocycles. The Morgan fingerprint density at radius 3 is 2.05 bits per heavy atom. The van der Waals surface area contributed by atoms with Crippen molar-refractivity contribution in [2.45, 2.75) is 32.2 Å². The molecule has 0 aliphatic carbocycles. The average molecular weight is 306 g/mol. The zero-order valence-electron chi connectivity index (χ0n) is 13.7. The second-order valence-corrected chi connectivity index (χ2v) is 5.72. The van der Waals surface area contributed by atoms with Crippen LogP contribution in [0.25, 0.3) is 0 Å².